The maximum Gasteiger partial charge on any atom is 0.306 e. The first-order valence-electron chi connectivity index (χ1n) is 13.1. The summed E-state index contributed by atoms with van der Waals surface area (Å²) in [5.41, 5.74) is -5.68. The van der Waals surface area contributed by atoms with Crippen LogP contribution in [0, 0.1) is 28.6 Å². The molecule has 1 N–H and O–H groups in total. The van der Waals surface area contributed by atoms with Crippen LogP contribution in [-0.4, -0.2) is 46.4 Å². The molecule has 0 spiro atoms. The van der Waals surface area contributed by atoms with Crippen molar-refractivity contribution in [1.82, 2.24) is 0 Å². The third-order valence-corrected chi connectivity index (χ3v) is 10.5. The van der Waals surface area contributed by atoms with Crippen LogP contribution >= 0.6 is 12.2 Å². The number of aliphatic hydroxyl groups excluding tert-OH is 1. The highest BCUT2D eigenvalue weighted by molar-refractivity contribution is 7.80. The van der Waals surface area contributed by atoms with Crippen molar-refractivity contribution in [3.63, 3.8) is 0 Å². The van der Waals surface area contributed by atoms with E-state index in [2.05, 4.69) is 6.92 Å². The summed E-state index contributed by atoms with van der Waals surface area (Å²) in [7, 11) is 1.45. The summed E-state index contributed by atoms with van der Waals surface area (Å²) in [6, 6.07) is 0. The van der Waals surface area contributed by atoms with E-state index in [4.69, 9.17) is 21.7 Å². The fourth-order valence-corrected chi connectivity index (χ4v) is 8.68. The SMILES string of the molecule is CCCCCC(=O)O[C@]1(C(=S)OC)[C@@H](C)C[C@H]2[C@@H]3CCC4=C(F)C(=O)C=C[C@]4(C)[C@@]3(F)[C@@H](O)C[C@@]21C. The van der Waals surface area contributed by atoms with E-state index in [0.29, 0.717) is 12.8 Å². The van der Waals surface area contributed by atoms with Crippen LogP contribution in [0.3, 0.4) is 0 Å². The molecule has 0 amide bonds. The summed E-state index contributed by atoms with van der Waals surface area (Å²) in [4.78, 5) is 25.1. The lowest BCUT2D eigenvalue weighted by Gasteiger charge is -2.62. The van der Waals surface area contributed by atoms with Gasteiger partial charge >= 0.3 is 5.97 Å². The lowest BCUT2D eigenvalue weighted by Crippen LogP contribution is -2.70. The number of halogens is 2. The minimum Gasteiger partial charge on any atom is -0.487 e. The normalized spacial score (nSPS) is 43.5. The second kappa shape index (κ2) is 9.26. The van der Waals surface area contributed by atoms with E-state index >= 15 is 4.39 Å². The van der Waals surface area contributed by atoms with Gasteiger partial charge in [0.25, 0.3) is 0 Å². The highest BCUT2D eigenvalue weighted by Gasteiger charge is 2.77. The van der Waals surface area contributed by atoms with Crippen LogP contribution in [0.15, 0.2) is 23.6 Å². The molecule has 0 aromatic heterocycles. The van der Waals surface area contributed by atoms with Gasteiger partial charge in [0.2, 0.25) is 10.8 Å². The zero-order valence-electron chi connectivity index (χ0n) is 21.9. The molecule has 0 bridgehead atoms. The summed E-state index contributed by atoms with van der Waals surface area (Å²) in [5, 5.41) is 11.7. The minimum absolute atomic E-state index is 0.0347. The molecule has 0 aliphatic heterocycles. The largest absolute Gasteiger partial charge is 0.487 e. The number of carbonyl (C=O) groups is 2. The zero-order valence-corrected chi connectivity index (χ0v) is 22.7. The molecule has 0 radical (unpaired) electrons. The number of ether oxygens (including phenoxy) is 2. The average Bonchev–Trinajstić information content (AvgIpc) is 3.04. The van der Waals surface area contributed by atoms with Crippen molar-refractivity contribution >= 4 is 29.0 Å². The van der Waals surface area contributed by atoms with Crippen LogP contribution in [0.25, 0.3) is 0 Å². The van der Waals surface area contributed by atoms with Gasteiger partial charge in [-0.3, -0.25) is 9.59 Å². The van der Waals surface area contributed by atoms with Gasteiger partial charge in [-0.25, -0.2) is 8.78 Å². The highest BCUT2D eigenvalue weighted by atomic mass is 32.1. The third-order valence-electron chi connectivity index (χ3n) is 10.0. The third kappa shape index (κ3) is 3.42. The first-order valence-corrected chi connectivity index (χ1v) is 13.6. The molecular formula is C28H38F2O5S. The Hall–Kier alpha value is -1.67. The lowest BCUT2D eigenvalue weighted by molar-refractivity contribution is -0.218. The number of fused-ring (bicyclic) bond motifs is 5. The van der Waals surface area contributed by atoms with Crippen molar-refractivity contribution in [2.75, 3.05) is 7.11 Å². The number of hydrogen-bond donors (Lipinski definition) is 1. The number of methoxy groups -OCH3 is 1. The molecule has 200 valence electrons. The molecule has 0 unspecified atom stereocenters. The predicted molar refractivity (Wildman–Crippen MR) is 136 cm³/mol. The number of esters is 1. The fourth-order valence-electron chi connectivity index (χ4n) is 8.20. The van der Waals surface area contributed by atoms with E-state index in [1.807, 2.05) is 13.8 Å². The average molecular weight is 525 g/mol. The van der Waals surface area contributed by atoms with Gasteiger partial charge in [0.15, 0.2) is 17.1 Å². The van der Waals surface area contributed by atoms with Gasteiger partial charge in [-0.15, -0.1) is 0 Å². The van der Waals surface area contributed by atoms with Crippen LogP contribution in [0.2, 0.25) is 0 Å². The summed E-state index contributed by atoms with van der Waals surface area (Å²) >= 11 is 5.67. The van der Waals surface area contributed by atoms with Crippen LogP contribution in [0.4, 0.5) is 8.78 Å². The number of ketones is 1. The Morgan fingerprint density at radius 1 is 1.28 bits per heavy atom. The van der Waals surface area contributed by atoms with Gasteiger partial charge in [-0.05, 0) is 68.8 Å². The quantitative estimate of drug-likeness (QED) is 0.272. The number of unbranched alkanes of at least 4 members (excludes halogenated alkanes) is 2. The number of allylic oxidation sites excluding steroid dienone is 4. The number of alkyl halides is 1. The van der Waals surface area contributed by atoms with Crippen molar-refractivity contribution in [3.8, 4) is 0 Å². The Morgan fingerprint density at radius 3 is 2.61 bits per heavy atom. The molecule has 0 aromatic rings. The Kier molecular flexibility index (Phi) is 7.04. The van der Waals surface area contributed by atoms with Gasteiger partial charge in [-0.1, -0.05) is 39.7 Å². The van der Waals surface area contributed by atoms with E-state index in [1.54, 1.807) is 6.92 Å². The molecule has 4 aliphatic rings. The molecule has 36 heavy (non-hydrogen) atoms. The van der Waals surface area contributed by atoms with Gasteiger partial charge in [-0.2, -0.15) is 0 Å². The summed E-state index contributed by atoms with van der Waals surface area (Å²) < 4.78 is 44.1. The Morgan fingerprint density at radius 2 is 1.97 bits per heavy atom. The monoisotopic (exact) mass is 524 g/mol. The predicted octanol–water partition coefficient (Wildman–Crippen LogP) is 5.74. The molecule has 4 rings (SSSR count). The van der Waals surface area contributed by atoms with Crippen LogP contribution < -0.4 is 0 Å². The molecule has 0 saturated heterocycles. The van der Waals surface area contributed by atoms with Crippen LogP contribution in [0.1, 0.15) is 79.1 Å². The van der Waals surface area contributed by atoms with Gasteiger partial charge in [0.1, 0.15) is 0 Å². The van der Waals surface area contributed by atoms with Crippen molar-refractivity contribution in [3.05, 3.63) is 23.6 Å². The van der Waals surface area contributed by atoms with Crippen molar-refractivity contribution < 1.29 is 33.0 Å². The fraction of sp³-hybridized carbons (Fsp3) is 0.750. The van der Waals surface area contributed by atoms with Crippen LogP contribution in [0.5, 0.6) is 0 Å². The second-order valence-electron chi connectivity index (χ2n) is 11.6. The van der Waals surface area contributed by atoms with Crippen molar-refractivity contribution in [2.45, 2.75) is 96.4 Å². The number of thiocarbonyl (C=S) groups is 1. The number of rotatable bonds is 6. The van der Waals surface area contributed by atoms with E-state index < -0.39 is 45.7 Å². The van der Waals surface area contributed by atoms with E-state index in [0.717, 1.165) is 18.9 Å². The number of aliphatic hydroxyl groups is 1. The molecular weight excluding hydrogens is 486 g/mol. The van der Waals surface area contributed by atoms with Crippen molar-refractivity contribution in [1.29, 1.82) is 0 Å². The molecule has 8 atom stereocenters. The molecule has 0 aromatic carbocycles. The Balaban J connectivity index is 1.78. The molecule has 3 saturated carbocycles. The standard InChI is InChI=1S/C28H38F2O5S/c1-6-7-8-9-22(33)35-28(24(36)34-5)16(2)14-19-17-10-11-18-23(29)20(31)12-13-25(18,3)27(17,30)21(32)15-26(19,28)4/h12-13,16-17,19,21,32H,6-11,14-15H2,1-5H3/t16-,17-,19-,21-,25-,26-,27-,28-/m0/s1. The van der Waals surface area contributed by atoms with Gasteiger partial charge in [0.05, 0.1) is 13.2 Å². The number of hydrogen-bond acceptors (Lipinski definition) is 6. The van der Waals surface area contributed by atoms with Crippen LogP contribution in [-0.2, 0) is 19.1 Å². The molecule has 4 aliphatic carbocycles. The molecule has 0 heterocycles. The Labute approximate surface area is 217 Å². The van der Waals surface area contributed by atoms with Crippen molar-refractivity contribution in [2.24, 2.45) is 28.6 Å². The van der Waals surface area contributed by atoms with E-state index in [9.17, 15) is 19.1 Å². The molecule has 8 heteroatoms. The first-order chi connectivity index (χ1) is 16.8. The minimum atomic E-state index is -2.19. The second-order valence-corrected chi connectivity index (χ2v) is 12.0. The van der Waals surface area contributed by atoms with Gasteiger partial charge < -0.3 is 14.6 Å². The highest BCUT2D eigenvalue weighted by Crippen LogP contribution is 2.71. The first kappa shape index (κ1) is 27.4. The summed E-state index contributed by atoms with van der Waals surface area (Å²) in [5.74, 6) is -3.26. The molecule has 3 fully saturated rings. The van der Waals surface area contributed by atoms with E-state index in [-0.39, 0.29) is 54.1 Å². The number of carbonyl (C=O) groups excluding carboxylic acids is 2. The maximum atomic E-state index is 17.4. The zero-order chi connectivity index (χ0) is 26.7. The Bertz CT molecular complexity index is 1030. The topological polar surface area (TPSA) is 72.8 Å². The smallest absolute Gasteiger partial charge is 0.306 e. The van der Waals surface area contributed by atoms with Gasteiger partial charge in [0, 0.05) is 29.1 Å². The van der Waals surface area contributed by atoms with E-state index in [1.165, 1.54) is 13.2 Å². The summed E-state index contributed by atoms with van der Waals surface area (Å²) in [6.45, 7) is 7.50. The maximum absolute atomic E-state index is 17.4. The summed E-state index contributed by atoms with van der Waals surface area (Å²) in [6.07, 6.45) is 4.83. The lowest BCUT2D eigenvalue weighted by atomic mass is 9.44. The molecule has 5 nitrogen and oxygen atoms in total.